The van der Waals surface area contributed by atoms with Crippen molar-refractivity contribution in [3.63, 3.8) is 0 Å². The third-order valence-electron chi connectivity index (χ3n) is 1.98. The molecule has 0 radical (unpaired) electrons. The molecule has 0 unspecified atom stereocenters. The number of nitrogens with zero attached hydrogens (tertiary/aromatic N) is 1. The average Bonchev–Trinajstić information content (AvgIpc) is 2.34. The van der Waals surface area contributed by atoms with Crippen LogP contribution in [-0.4, -0.2) is 31.2 Å². The third kappa shape index (κ3) is 3.84. The molecule has 0 atom stereocenters. The molecule has 0 aliphatic rings. The number of hydrogen-bond donors (Lipinski definition) is 3. The topological polar surface area (TPSA) is 89.3 Å². The van der Waals surface area contributed by atoms with Crippen LogP contribution >= 0.6 is 0 Å². The monoisotopic (exact) mass is 224 g/mol. The van der Waals surface area contributed by atoms with Gasteiger partial charge < -0.3 is 15.5 Å². The van der Waals surface area contributed by atoms with E-state index in [1.54, 1.807) is 19.2 Å². The quantitative estimate of drug-likeness (QED) is 0.363. The van der Waals surface area contributed by atoms with Crippen LogP contribution in [-0.2, 0) is 4.74 Å². The lowest BCUT2D eigenvalue weighted by atomic mass is 10.2. The van der Waals surface area contributed by atoms with Gasteiger partial charge in [0.1, 0.15) is 5.82 Å². The van der Waals surface area contributed by atoms with Gasteiger partial charge in [-0.2, -0.15) is 0 Å². The molecule has 1 aromatic heterocycles. The number of aromatic nitrogens is 1. The van der Waals surface area contributed by atoms with E-state index < -0.39 is 0 Å². The molecule has 0 aromatic carbocycles. The molecule has 1 rings (SSSR count). The summed E-state index contributed by atoms with van der Waals surface area (Å²) in [5.74, 6) is 5.52. The van der Waals surface area contributed by atoms with Gasteiger partial charge in [0.05, 0.1) is 0 Å². The Kier molecular flexibility index (Phi) is 5.24. The number of hydrogen-bond acceptors (Lipinski definition) is 5. The molecule has 1 heterocycles. The van der Waals surface area contributed by atoms with Gasteiger partial charge in [0.25, 0.3) is 5.91 Å². The summed E-state index contributed by atoms with van der Waals surface area (Å²) in [6, 6.07) is 3.22. The fourth-order valence-corrected chi connectivity index (χ4v) is 1.17. The summed E-state index contributed by atoms with van der Waals surface area (Å²) >= 11 is 0. The highest BCUT2D eigenvalue weighted by Crippen LogP contribution is 2.04. The molecule has 0 fully saturated rings. The Balaban J connectivity index is 2.46. The number of carbonyl (C=O) groups is 1. The molecule has 0 aliphatic heterocycles. The lowest BCUT2D eigenvalue weighted by Crippen LogP contribution is -2.25. The van der Waals surface area contributed by atoms with Gasteiger partial charge in [0.2, 0.25) is 0 Å². The van der Waals surface area contributed by atoms with Gasteiger partial charge in [-0.05, 0) is 18.6 Å². The van der Waals surface area contributed by atoms with Crippen LogP contribution in [0.5, 0.6) is 0 Å². The molecular formula is C10H16N4O2. The zero-order chi connectivity index (χ0) is 11.8. The van der Waals surface area contributed by atoms with Crippen molar-refractivity contribution in [1.82, 2.24) is 10.3 Å². The average molecular weight is 224 g/mol. The van der Waals surface area contributed by atoms with Crippen molar-refractivity contribution in [3.05, 3.63) is 23.9 Å². The zero-order valence-corrected chi connectivity index (χ0v) is 9.19. The van der Waals surface area contributed by atoms with E-state index in [1.807, 2.05) is 0 Å². The van der Waals surface area contributed by atoms with Gasteiger partial charge in [-0.3, -0.25) is 4.79 Å². The first kappa shape index (κ1) is 12.4. The number of methoxy groups -OCH3 is 1. The normalized spacial score (nSPS) is 9.88. The highest BCUT2D eigenvalue weighted by atomic mass is 16.5. The van der Waals surface area contributed by atoms with Gasteiger partial charge in [-0.15, -0.1) is 0 Å². The van der Waals surface area contributed by atoms with Crippen molar-refractivity contribution in [1.29, 1.82) is 0 Å². The van der Waals surface area contributed by atoms with E-state index in [0.717, 1.165) is 6.42 Å². The largest absolute Gasteiger partial charge is 0.385 e. The smallest absolute Gasteiger partial charge is 0.251 e. The highest BCUT2D eigenvalue weighted by molar-refractivity contribution is 5.94. The van der Waals surface area contributed by atoms with E-state index in [9.17, 15) is 4.79 Å². The van der Waals surface area contributed by atoms with Crippen LogP contribution in [0.1, 0.15) is 16.8 Å². The number of hydrazine groups is 1. The van der Waals surface area contributed by atoms with Gasteiger partial charge in [-0.1, -0.05) is 0 Å². The van der Waals surface area contributed by atoms with Gasteiger partial charge in [0, 0.05) is 32.0 Å². The lowest BCUT2D eigenvalue weighted by molar-refractivity contribution is 0.0948. The number of carbonyl (C=O) groups excluding carboxylic acids is 1. The van der Waals surface area contributed by atoms with Crippen LogP contribution < -0.4 is 16.6 Å². The van der Waals surface area contributed by atoms with Gasteiger partial charge >= 0.3 is 0 Å². The van der Waals surface area contributed by atoms with E-state index in [1.165, 1.54) is 6.20 Å². The summed E-state index contributed by atoms with van der Waals surface area (Å²) in [5, 5.41) is 2.77. The van der Waals surface area contributed by atoms with Crippen molar-refractivity contribution in [2.75, 3.05) is 25.7 Å². The van der Waals surface area contributed by atoms with Gasteiger partial charge in [-0.25, -0.2) is 10.8 Å². The van der Waals surface area contributed by atoms with Crippen LogP contribution in [0, 0.1) is 0 Å². The Hall–Kier alpha value is -1.66. The minimum Gasteiger partial charge on any atom is -0.385 e. The first-order valence-corrected chi connectivity index (χ1v) is 4.97. The molecule has 6 heteroatoms. The summed E-state index contributed by atoms with van der Waals surface area (Å²) in [6.07, 6.45) is 2.31. The van der Waals surface area contributed by atoms with E-state index in [0.29, 0.717) is 24.5 Å². The molecule has 0 bridgehead atoms. The SMILES string of the molecule is COCCCNC(=O)c1ccnc(NN)c1. The molecular weight excluding hydrogens is 208 g/mol. The lowest BCUT2D eigenvalue weighted by Gasteiger charge is -2.05. The molecule has 0 saturated heterocycles. The molecule has 4 N–H and O–H groups in total. The van der Waals surface area contributed by atoms with E-state index in [2.05, 4.69) is 15.7 Å². The second-order valence-electron chi connectivity index (χ2n) is 3.18. The maximum atomic E-state index is 11.6. The first-order chi connectivity index (χ1) is 7.77. The van der Waals surface area contributed by atoms with Crippen LogP contribution in [0.15, 0.2) is 18.3 Å². The number of ether oxygens (including phenoxy) is 1. The number of anilines is 1. The third-order valence-corrected chi connectivity index (χ3v) is 1.98. The van der Waals surface area contributed by atoms with Crippen molar-refractivity contribution >= 4 is 11.7 Å². The summed E-state index contributed by atoms with van der Waals surface area (Å²) < 4.78 is 4.88. The van der Waals surface area contributed by atoms with Crippen LogP contribution in [0.2, 0.25) is 0 Å². The first-order valence-electron chi connectivity index (χ1n) is 4.97. The number of nitrogens with one attached hydrogen (secondary N) is 2. The maximum absolute atomic E-state index is 11.6. The van der Waals surface area contributed by atoms with Crippen molar-refractivity contribution in [3.8, 4) is 0 Å². The standard InChI is InChI=1S/C10H16N4O2/c1-16-6-2-4-13-10(15)8-3-5-12-9(7-8)14-11/h3,5,7H,2,4,6,11H2,1H3,(H,12,14)(H,13,15). The number of pyridine rings is 1. The predicted octanol–water partition coefficient (Wildman–Crippen LogP) is 0.134. The number of nitrogen functional groups attached to an aromatic ring is 1. The van der Waals surface area contributed by atoms with Crippen LogP contribution in [0.25, 0.3) is 0 Å². The molecule has 16 heavy (non-hydrogen) atoms. The predicted molar refractivity (Wildman–Crippen MR) is 60.9 cm³/mol. The Labute approximate surface area is 94.2 Å². The van der Waals surface area contributed by atoms with Crippen molar-refractivity contribution in [2.45, 2.75) is 6.42 Å². The Bertz CT molecular complexity index is 343. The fourth-order valence-electron chi connectivity index (χ4n) is 1.17. The summed E-state index contributed by atoms with van der Waals surface area (Å²) in [6.45, 7) is 1.21. The fraction of sp³-hybridized carbons (Fsp3) is 0.400. The number of rotatable bonds is 6. The Morgan fingerprint density at radius 2 is 2.44 bits per heavy atom. The van der Waals surface area contributed by atoms with Crippen LogP contribution in [0.4, 0.5) is 5.82 Å². The minimum absolute atomic E-state index is 0.144. The molecule has 1 amide bonds. The second kappa shape index (κ2) is 6.76. The summed E-state index contributed by atoms with van der Waals surface area (Å²) in [5.41, 5.74) is 2.92. The van der Waals surface area contributed by atoms with Crippen LogP contribution in [0.3, 0.4) is 0 Å². The number of amides is 1. The zero-order valence-electron chi connectivity index (χ0n) is 9.19. The van der Waals surface area contributed by atoms with Crippen molar-refractivity contribution < 1.29 is 9.53 Å². The molecule has 0 spiro atoms. The molecule has 1 aromatic rings. The maximum Gasteiger partial charge on any atom is 0.251 e. The summed E-state index contributed by atoms with van der Waals surface area (Å²) in [7, 11) is 1.63. The molecule has 0 aliphatic carbocycles. The Morgan fingerprint density at radius 1 is 1.62 bits per heavy atom. The molecule has 6 nitrogen and oxygen atoms in total. The molecule has 0 saturated carbocycles. The minimum atomic E-state index is -0.144. The molecule has 88 valence electrons. The summed E-state index contributed by atoms with van der Waals surface area (Å²) in [4.78, 5) is 15.5. The Morgan fingerprint density at radius 3 is 3.12 bits per heavy atom. The highest BCUT2D eigenvalue weighted by Gasteiger charge is 2.05. The van der Waals surface area contributed by atoms with E-state index in [4.69, 9.17) is 10.6 Å². The van der Waals surface area contributed by atoms with Crippen molar-refractivity contribution in [2.24, 2.45) is 5.84 Å². The number of nitrogens with two attached hydrogens (primary N) is 1. The van der Waals surface area contributed by atoms with E-state index >= 15 is 0 Å². The second-order valence-corrected chi connectivity index (χ2v) is 3.18. The van der Waals surface area contributed by atoms with E-state index in [-0.39, 0.29) is 5.91 Å². The van der Waals surface area contributed by atoms with Gasteiger partial charge in [0.15, 0.2) is 0 Å².